The zero-order chi connectivity index (χ0) is 19.8. The highest BCUT2D eigenvalue weighted by Gasteiger charge is 2.51. The fraction of sp³-hybridized carbons (Fsp3) is 0.524. The highest BCUT2D eigenvalue weighted by Crippen LogP contribution is 2.39. The van der Waals surface area contributed by atoms with Crippen molar-refractivity contribution >= 4 is 29.4 Å². The van der Waals surface area contributed by atoms with E-state index in [0.717, 1.165) is 35.4 Å². The van der Waals surface area contributed by atoms with Gasteiger partial charge in [-0.3, -0.25) is 19.3 Å². The summed E-state index contributed by atoms with van der Waals surface area (Å²) in [7, 11) is 0. The number of anilines is 1. The standard InChI is InChI=1S/C21H24N2O5/c1-13(23-19(25)15-7-3-4-8-16(15)20(23)26)21(27)28-12-18(24)22-11-10-14-6-2-5-9-17(14)22/h2,5-6,9,13,15-16H,3-4,7-8,10-12H2,1H3/t13-,15-,16-/m0/s1. The molecule has 0 bridgehead atoms. The van der Waals surface area contributed by atoms with Crippen molar-refractivity contribution in [3.05, 3.63) is 29.8 Å². The highest BCUT2D eigenvalue weighted by atomic mass is 16.5. The molecule has 0 unspecified atom stereocenters. The number of benzene rings is 1. The lowest BCUT2D eigenvalue weighted by atomic mass is 9.81. The molecule has 28 heavy (non-hydrogen) atoms. The minimum atomic E-state index is -1.01. The highest BCUT2D eigenvalue weighted by molar-refractivity contribution is 6.08. The summed E-state index contributed by atoms with van der Waals surface area (Å²) in [6.45, 7) is 1.64. The van der Waals surface area contributed by atoms with Gasteiger partial charge in [0.2, 0.25) is 11.8 Å². The lowest BCUT2D eigenvalue weighted by Gasteiger charge is -2.22. The number of carbonyl (C=O) groups is 4. The summed E-state index contributed by atoms with van der Waals surface area (Å²) in [6.07, 6.45) is 4.02. The summed E-state index contributed by atoms with van der Waals surface area (Å²) < 4.78 is 5.18. The number of esters is 1. The first-order valence-electron chi connectivity index (χ1n) is 9.91. The summed E-state index contributed by atoms with van der Waals surface area (Å²) in [5.74, 6) is -2.20. The zero-order valence-corrected chi connectivity index (χ0v) is 15.9. The third-order valence-corrected chi connectivity index (χ3v) is 6.13. The smallest absolute Gasteiger partial charge is 0.329 e. The van der Waals surface area contributed by atoms with Gasteiger partial charge in [-0.15, -0.1) is 0 Å². The van der Waals surface area contributed by atoms with E-state index >= 15 is 0 Å². The average molecular weight is 384 g/mol. The number of likely N-dealkylation sites (tertiary alicyclic amines) is 1. The van der Waals surface area contributed by atoms with E-state index in [4.69, 9.17) is 4.74 Å². The summed E-state index contributed by atoms with van der Waals surface area (Å²) in [5.41, 5.74) is 1.93. The number of para-hydroxylation sites is 1. The molecular formula is C21H24N2O5. The molecule has 2 fully saturated rings. The predicted octanol–water partition coefficient (Wildman–Crippen LogP) is 1.68. The van der Waals surface area contributed by atoms with Gasteiger partial charge in [0, 0.05) is 12.2 Å². The van der Waals surface area contributed by atoms with Crippen LogP contribution < -0.4 is 4.90 Å². The molecule has 148 valence electrons. The van der Waals surface area contributed by atoms with Gasteiger partial charge in [0.1, 0.15) is 6.04 Å². The maximum absolute atomic E-state index is 12.6. The Kier molecular flexibility index (Phi) is 4.91. The molecule has 0 radical (unpaired) electrons. The molecular weight excluding hydrogens is 360 g/mol. The molecule has 1 saturated carbocycles. The first-order valence-corrected chi connectivity index (χ1v) is 9.91. The van der Waals surface area contributed by atoms with Crippen LogP contribution >= 0.6 is 0 Å². The largest absolute Gasteiger partial charge is 0.454 e. The van der Waals surface area contributed by atoms with Crippen LogP contribution in [-0.2, 0) is 30.3 Å². The maximum atomic E-state index is 12.6. The van der Waals surface area contributed by atoms with Gasteiger partial charge in [0.05, 0.1) is 11.8 Å². The number of amides is 3. The molecule has 3 amide bonds. The van der Waals surface area contributed by atoms with Crippen LogP contribution in [0.15, 0.2) is 24.3 Å². The number of hydrogen-bond donors (Lipinski definition) is 0. The fourth-order valence-corrected chi connectivity index (χ4v) is 4.60. The summed E-state index contributed by atoms with van der Waals surface area (Å²) in [6, 6.07) is 6.62. The molecule has 4 rings (SSSR count). The number of nitrogens with zero attached hydrogens (tertiary/aromatic N) is 2. The Morgan fingerprint density at radius 2 is 1.75 bits per heavy atom. The van der Waals surface area contributed by atoms with Crippen molar-refractivity contribution in [2.75, 3.05) is 18.1 Å². The third-order valence-electron chi connectivity index (χ3n) is 6.13. The van der Waals surface area contributed by atoms with Gasteiger partial charge in [0.15, 0.2) is 6.61 Å². The Labute approximate surface area is 163 Å². The molecule has 2 heterocycles. The number of imide groups is 1. The maximum Gasteiger partial charge on any atom is 0.329 e. The molecule has 1 aliphatic carbocycles. The Bertz CT molecular complexity index is 812. The molecule has 3 aliphatic rings. The van der Waals surface area contributed by atoms with Crippen LogP contribution in [0.5, 0.6) is 0 Å². The molecule has 1 saturated heterocycles. The van der Waals surface area contributed by atoms with Gasteiger partial charge in [-0.05, 0) is 37.8 Å². The van der Waals surface area contributed by atoms with Gasteiger partial charge in [-0.25, -0.2) is 4.79 Å². The molecule has 7 nitrogen and oxygen atoms in total. The quantitative estimate of drug-likeness (QED) is 0.583. The molecule has 2 aliphatic heterocycles. The second-order valence-corrected chi connectivity index (χ2v) is 7.75. The number of rotatable bonds is 4. The number of fused-ring (bicyclic) bond motifs is 2. The molecule has 7 heteroatoms. The molecule has 0 N–H and O–H groups in total. The minimum Gasteiger partial charge on any atom is -0.454 e. The van der Waals surface area contributed by atoms with Crippen LogP contribution in [0, 0.1) is 11.8 Å². The first-order chi connectivity index (χ1) is 13.5. The van der Waals surface area contributed by atoms with Crippen molar-refractivity contribution < 1.29 is 23.9 Å². The van der Waals surface area contributed by atoms with E-state index in [9.17, 15) is 19.2 Å². The molecule has 3 atom stereocenters. The van der Waals surface area contributed by atoms with Crippen molar-refractivity contribution in [1.29, 1.82) is 0 Å². The van der Waals surface area contributed by atoms with Crippen molar-refractivity contribution in [3.8, 4) is 0 Å². The van der Waals surface area contributed by atoms with E-state index in [0.29, 0.717) is 19.4 Å². The minimum absolute atomic E-state index is 0.279. The van der Waals surface area contributed by atoms with E-state index < -0.39 is 18.6 Å². The summed E-state index contributed by atoms with van der Waals surface area (Å²) in [5, 5.41) is 0. The molecule has 0 spiro atoms. The van der Waals surface area contributed by atoms with Gasteiger partial charge in [-0.2, -0.15) is 0 Å². The van der Waals surface area contributed by atoms with Crippen LogP contribution in [0.1, 0.15) is 38.2 Å². The SMILES string of the molecule is C[C@@H](C(=O)OCC(=O)N1CCc2ccccc21)N1C(=O)[C@H]2CCCC[C@@H]2C1=O. The van der Waals surface area contributed by atoms with Crippen LogP contribution in [0.25, 0.3) is 0 Å². The van der Waals surface area contributed by atoms with E-state index in [-0.39, 0.29) is 29.6 Å². The van der Waals surface area contributed by atoms with Gasteiger partial charge < -0.3 is 9.64 Å². The molecule has 1 aromatic carbocycles. The van der Waals surface area contributed by atoms with Crippen molar-refractivity contribution in [2.45, 2.75) is 45.1 Å². The van der Waals surface area contributed by atoms with Crippen LogP contribution in [0.4, 0.5) is 5.69 Å². The predicted molar refractivity (Wildman–Crippen MR) is 100 cm³/mol. The first kappa shape index (κ1) is 18.7. The summed E-state index contributed by atoms with van der Waals surface area (Å²) >= 11 is 0. The lowest BCUT2D eigenvalue weighted by molar-refractivity contribution is -0.159. The van der Waals surface area contributed by atoms with E-state index in [1.807, 2.05) is 24.3 Å². The lowest BCUT2D eigenvalue weighted by Crippen LogP contribution is -2.45. The normalized spacial score (nSPS) is 24.8. The second kappa shape index (κ2) is 7.37. The average Bonchev–Trinajstić information content (AvgIpc) is 3.25. The van der Waals surface area contributed by atoms with Crippen LogP contribution in [0.3, 0.4) is 0 Å². The monoisotopic (exact) mass is 384 g/mol. The fourth-order valence-electron chi connectivity index (χ4n) is 4.60. The summed E-state index contributed by atoms with van der Waals surface area (Å²) in [4.78, 5) is 52.8. The van der Waals surface area contributed by atoms with Crippen molar-refractivity contribution in [1.82, 2.24) is 4.90 Å². The van der Waals surface area contributed by atoms with Gasteiger partial charge >= 0.3 is 5.97 Å². The zero-order valence-electron chi connectivity index (χ0n) is 15.9. The Hall–Kier alpha value is -2.70. The van der Waals surface area contributed by atoms with Crippen LogP contribution in [-0.4, -0.2) is 47.8 Å². The van der Waals surface area contributed by atoms with Gasteiger partial charge in [-0.1, -0.05) is 31.0 Å². The van der Waals surface area contributed by atoms with Gasteiger partial charge in [0.25, 0.3) is 5.91 Å². The molecule has 0 aromatic heterocycles. The Morgan fingerprint density at radius 3 is 2.43 bits per heavy atom. The topological polar surface area (TPSA) is 84.0 Å². The number of hydrogen-bond acceptors (Lipinski definition) is 5. The van der Waals surface area contributed by atoms with Crippen LogP contribution in [0.2, 0.25) is 0 Å². The second-order valence-electron chi connectivity index (χ2n) is 7.75. The van der Waals surface area contributed by atoms with E-state index in [1.54, 1.807) is 4.90 Å². The molecule has 1 aromatic rings. The third kappa shape index (κ3) is 3.08. The van der Waals surface area contributed by atoms with E-state index in [2.05, 4.69) is 0 Å². The number of carbonyl (C=O) groups excluding carboxylic acids is 4. The van der Waals surface area contributed by atoms with Crippen molar-refractivity contribution in [3.63, 3.8) is 0 Å². The number of ether oxygens (including phenoxy) is 1. The van der Waals surface area contributed by atoms with E-state index in [1.165, 1.54) is 6.92 Å². The Balaban J connectivity index is 1.37. The Morgan fingerprint density at radius 1 is 1.11 bits per heavy atom. The van der Waals surface area contributed by atoms with Crippen molar-refractivity contribution in [2.24, 2.45) is 11.8 Å².